The molecule has 1 spiro atoms. The molecular weight excluding hydrogens is 544 g/mol. The van der Waals surface area contributed by atoms with Gasteiger partial charge in [0.25, 0.3) is 0 Å². The highest BCUT2D eigenvalue weighted by Crippen LogP contribution is 2.59. The largest absolute Gasteiger partial charge is 0.352 e. The highest BCUT2D eigenvalue weighted by Gasteiger charge is 2.70. The van der Waals surface area contributed by atoms with E-state index in [1.165, 1.54) is 0 Å². The van der Waals surface area contributed by atoms with Crippen molar-refractivity contribution in [3.05, 3.63) is 135 Å². The molecule has 3 aliphatic rings. The number of anilines is 2. The SMILES string of the molecule is CC1=C[C@@H]2N(c3ccc(C)cc31)[C@H](C(=O)c1ccc(C)cc1)[C@@H](C(=O)c1ccccc1Cl)[C@@]21C(=O)Nc2ccccc21. The molecule has 4 aromatic carbocycles. The van der Waals surface area contributed by atoms with Crippen LogP contribution in [0.5, 0.6) is 0 Å². The lowest BCUT2D eigenvalue weighted by atomic mass is 9.64. The van der Waals surface area contributed by atoms with Crippen molar-refractivity contribution in [1.29, 1.82) is 0 Å². The lowest BCUT2D eigenvalue weighted by Crippen LogP contribution is -2.51. The van der Waals surface area contributed by atoms with Crippen LogP contribution in [-0.4, -0.2) is 29.6 Å². The fraction of sp³-hybridized carbons (Fsp3) is 0.194. The van der Waals surface area contributed by atoms with Crippen molar-refractivity contribution >= 4 is 46.0 Å². The molecule has 1 fully saturated rings. The number of Topliss-reactive ketones (excluding diaryl/α,β-unsaturated/α-hetero) is 2. The number of ketones is 2. The molecule has 3 aliphatic heterocycles. The molecule has 0 unspecified atom stereocenters. The molecular formula is C36H29ClN2O3. The zero-order chi connectivity index (χ0) is 29.3. The Kier molecular flexibility index (Phi) is 6.00. The van der Waals surface area contributed by atoms with Crippen LogP contribution in [0.3, 0.4) is 0 Å². The first kappa shape index (κ1) is 26.4. The Balaban J connectivity index is 1.57. The summed E-state index contributed by atoms with van der Waals surface area (Å²) in [6, 6.07) is 26.4. The highest BCUT2D eigenvalue weighted by atomic mass is 35.5. The minimum Gasteiger partial charge on any atom is -0.352 e. The van der Waals surface area contributed by atoms with Crippen LogP contribution < -0.4 is 10.2 Å². The Bertz CT molecular complexity index is 1840. The van der Waals surface area contributed by atoms with Crippen LogP contribution in [0, 0.1) is 19.8 Å². The lowest BCUT2D eigenvalue weighted by molar-refractivity contribution is -0.121. The first-order chi connectivity index (χ1) is 20.2. The number of amides is 1. The van der Waals surface area contributed by atoms with E-state index in [-0.39, 0.29) is 17.5 Å². The number of allylic oxidation sites excluding steroid dienone is 1. The first-order valence-electron chi connectivity index (χ1n) is 14.1. The van der Waals surface area contributed by atoms with Crippen molar-refractivity contribution < 1.29 is 14.4 Å². The Morgan fingerprint density at radius 1 is 0.833 bits per heavy atom. The number of para-hydroxylation sites is 1. The zero-order valence-corrected chi connectivity index (χ0v) is 24.3. The van der Waals surface area contributed by atoms with Gasteiger partial charge in [0.05, 0.1) is 17.0 Å². The van der Waals surface area contributed by atoms with E-state index < -0.39 is 23.4 Å². The van der Waals surface area contributed by atoms with Gasteiger partial charge in [-0.15, -0.1) is 0 Å². The zero-order valence-electron chi connectivity index (χ0n) is 23.5. The molecule has 0 aliphatic carbocycles. The number of fused-ring (bicyclic) bond motifs is 6. The van der Waals surface area contributed by atoms with Crippen molar-refractivity contribution in [1.82, 2.24) is 0 Å². The number of nitrogens with zero attached hydrogens (tertiary/aromatic N) is 1. The maximum atomic E-state index is 14.9. The van der Waals surface area contributed by atoms with Crippen LogP contribution in [0.15, 0.2) is 97.1 Å². The summed E-state index contributed by atoms with van der Waals surface area (Å²) >= 11 is 6.63. The van der Waals surface area contributed by atoms with E-state index in [0.717, 1.165) is 28.0 Å². The maximum absolute atomic E-state index is 14.9. The summed E-state index contributed by atoms with van der Waals surface area (Å²) in [6.07, 6.45) is 2.07. The van der Waals surface area contributed by atoms with Gasteiger partial charge in [-0.25, -0.2) is 0 Å². The van der Waals surface area contributed by atoms with E-state index in [9.17, 15) is 14.4 Å². The minimum absolute atomic E-state index is 0.209. The average molecular weight is 573 g/mol. The van der Waals surface area contributed by atoms with E-state index in [0.29, 0.717) is 27.4 Å². The molecule has 0 bridgehead atoms. The van der Waals surface area contributed by atoms with Crippen LogP contribution in [0.25, 0.3) is 5.57 Å². The average Bonchev–Trinajstić information content (AvgIpc) is 3.45. The Morgan fingerprint density at radius 2 is 1.52 bits per heavy atom. The number of benzene rings is 4. The highest BCUT2D eigenvalue weighted by molar-refractivity contribution is 6.34. The molecule has 3 heterocycles. The second-order valence-corrected chi connectivity index (χ2v) is 12.0. The summed E-state index contributed by atoms with van der Waals surface area (Å²) < 4.78 is 0. The smallest absolute Gasteiger partial charge is 0.238 e. The molecule has 1 saturated heterocycles. The molecule has 4 atom stereocenters. The molecule has 7 rings (SSSR count). The van der Waals surface area contributed by atoms with Gasteiger partial charge in [-0.3, -0.25) is 14.4 Å². The normalized spacial score (nSPS) is 23.6. The van der Waals surface area contributed by atoms with Gasteiger partial charge in [0.1, 0.15) is 11.5 Å². The number of carbonyl (C=O) groups is 3. The van der Waals surface area contributed by atoms with Crippen LogP contribution in [0.2, 0.25) is 5.02 Å². The Morgan fingerprint density at radius 3 is 2.29 bits per heavy atom. The number of hydrogen-bond acceptors (Lipinski definition) is 4. The number of aryl methyl sites for hydroxylation is 2. The van der Waals surface area contributed by atoms with E-state index in [4.69, 9.17) is 11.6 Å². The van der Waals surface area contributed by atoms with Gasteiger partial charge in [-0.2, -0.15) is 0 Å². The summed E-state index contributed by atoms with van der Waals surface area (Å²) in [5.74, 6) is -1.88. The summed E-state index contributed by atoms with van der Waals surface area (Å²) in [5, 5.41) is 3.37. The predicted molar refractivity (Wildman–Crippen MR) is 166 cm³/mol. The molecule has 42 heavy (non-hydrogen) atoms. The minimum atomic E-state index is -1.37. The Hall–Kier alpha value is -4.48. The van der Waals surface area contributed by atoms with Crippen LogP contribution in [0.4, 0.5) is 11.4 Å². The van der Waals surface area contributed by atoms with Gasteiger partial charge in [0, 0.05) is 28.1 Å². The number of carbonyl (C=O) groups excluding carboxylic acids is 3. The van der Waals surface area contributed by atoms with Gasteiger partial charge in [0.15, 0.2) is 11.6 Å². The summed E-state index contributed by atoms with van der Waals surface area (Å²) in [5.41, 5.74) is 5.72. The fourth-order valence-corrected chi connectivity index (χ4v) is 7.49. The first-order valence-corrected chi connectivity index (χ1v) is 14.5. The molecule has 0 saturated carbocycles. The summed E-state index contributed by atoms with van der Waals surface area (Å²) in [7, 11) is 0. The fourth-order valence-electron chi connectivity index (χ4n) is 7.26. The molecule has 208 valence electrons. The number of hydrogen-bond donors (Lipinski definition) is 1. The molecule has 0 radical (unpaired) electrons. The predicted octanol–water partition coefficient (Wildman–Crippen LogP) is 7.20. The third-order valence-electron chi connectivity index (χ3n) is 9.16. The van der Waals surface area contributed by atoms with E-state index in [2.05, 4.69) is 17.5 Å². The van der Waals surface area contributed by atoms with E-state index in [1.807, 2.05) is 74.2 Å². The standard InChI is InChI=1S/C36H29ClN2O3/c1-20-12-15-23(16-13-20)33(40)32-31(34(41)24-8-4-6-10-27(24)37)36(26-9-5-7-11-28(26)38-35(36)42)30-19-22(3)25-18-21(2)14-17-29(25)39(30)32/h4-19,30-32H,1-3H3,(H,38,42)/t30-,31-,32-,36-/m0/s1. The maximum Gasteiger partial charge on any atom is 0.238 e. The second-order valence-electron chi connectivity index (χ2n) is 11.6. The van der Waals surface area contributed by atoms with Gasteiger partial charge in [0.2, 0.25) is 5.91 Å². The lowest BCUT2D eigenvalue weighted by Gasteiger charge is -2.39. The molecule has 4 aromatic rings. The van der Waals surface area contributed by atoms with Crippen molar-refractivity contribution in [3.63, 3.8) is 0 Å². The summed E-state index contributed by atoms with van der Waals surface area (Å²) in [4.78, 5) is 46.2. The third kappa shape index (κ3) is 3.59. The second kappa shape index (κ2) is 9.53. The molecule has 5 nitrogen and oxygen atoms in total. The number of nitrogens with one attached hydrogen (secondary N) is 1. The summed E-state index contributed by atoms with van der Waals surface area (Å²) in [6.45, 7) is 6.03. The van der Waals surface area contributed by atoms with Crippen LogP contribution >= 0.6 is 11.6 Å². The monoisotopic (exact) mass is 572 g/mol. The van der Waals surface area contributed by atoms with E-state index in [1.54, 1.807) is 36.4 Å². The van der Waals surface area contributed by atoms with Crippen LogP contribution in [0.1, 0.15) is 49.9 Å². The third-order valence-corrected chi connectivity index (χ3v) is 9.49. The van der Waals surface area contributed by atoms with Gasteiger partial charge >= 0.3 is 0 Å². The molecule has 0 aromatic heterocycles. The van der Waals surface area contributed by atoms with E-state index >= 15 is 0 Å². The van der Waals surface area contributed by atoms with Crippen molar-refractivity contribution in [2.24, 2.45) is 5.92 Å². The number of halogens is 1. The Labute approximate surface area is 249 Å². The van der Waals surface area contributed by atoms with Gasteiger partial charge in [-0.05, 0) is 62.2 Å². The van der Waals surface area contributed by atoms with Crippen molar-refractivity contribution in [2.75, 3.05) is 10.2 Å². The van der Waals surface area contributed by atoms with Crippen LogP contribution in [-0.2, 0) is 10.2 Å². The van der Waals surface area contributed by atoms with Gasteiger partial charge in [-0.1, -0.05) is 89.5 Å². The molecule has 6 heteroatoms. The van der Waals surface area contributed by atoms with Crippen molar-refractivity contribution in [2.45, 2.75) is 38.3 Å². The molecule has 1 N–H and O–H groups in total. The quantitative estimate of drug-likeness (QED) is 0.263. The van der Waals surface area contributed by atoms with Gasteiger partial charge < -0.3 is 10.2 Å². The topological polar surface area (TPSA) is 66.5 Å². The molecule has 1 amide bonds. The van der Waals surface area contributed by atoms with Crippen molar-refractivity contribution in [3.8, 4) is 0 Å². The number of rotatable bonds is 4.